The van der Waals surface area contributed by atoms with E-state index in [0.29, 0.717) is 6.04 Å². The van der Waals surface area contributed by atoms with E-state index in [-0.39, 0.29) is 0 Å². The maximum Gasteiger partial charge on any atom is 0.0243 e. The molecule has 2 heteroatoms. The van der Waals surface area contributed by atoms with Gasteiger partial charge in [-0.15, -0.1) is 0 Å². The number of hydrogen-bond donors (Lipinski definition) is 1. The Morgan fingerprint density at radius 1 is 0.857 bits per heavy atom. The van der Waals surface area contributed by atoms with Crippen molar-refractivity contribution in [3.8, 4) is 0 Å². The van der Waals surface area contributed by atoms with Crippen LogP contribution in [0.2, 0.25) is 0 Å². The second kappa shape index (κ2) is 7.96. The Bertz CT molecular complexity index is 534. The average Bonchev–Trinajstić information content (AvgIpc) is 2.49. The Hall–Kier alpha value is -1.64. The minimum Gasteiger partial charge on any atom is -0.316 e. The number of nitrogens with zero attached hydrogens (tertiary/aromatic N) is 1. The van der Waals surface area contributed by atoms with Crippen LogP contribution in [0.3, 0.4) is 0 Å². The van der Waals surface area contributed by atoms with Gasteiger partial charge in [0, 0.05) is 25.7 Å². The Kier molecular flexibility index (Phi) is 5.97. The molecule has 0 saturated carbocycles. The summed E-state index contributed by atoms with van der Waals surface area (Å²) in [6.45, 7) is 7.44. The van der Waals surface area contributed by atoms with E-state index in [1.165, 1.54) is 16.7 Å². The van der Waals surface area contributed by atoms with Crippen LogP contribution in [0.5, 0.6) is 0 Å². The smallest absolute Gasteiger partial charge is 0.0243 e. The van der Waals surface area contributed by atoms with Crippen LogP contribution in [0.1, 0.15) is 30.5 Å². The lowest BCUT2D eigenvalue weighted by Crippen LogP contribution is -2.30. The first kappa shape index (κ1) is 15.7. The molecule has 0 unspecified atom stereocenters. The van der Waals surface area contributed by atoms with Gasteiger partial charge >= 0.3 is 0 Å². The Morgan fingerprint density at radius 2 is 1.48 bits per heavy atom. The number of rotatable bonds is 7. The van der Waals surface area contributed by atoms with Crippen molar-refractivity contribution < 1.29 is 0 Å². The van der Waals surface area contributed by atoms with Gasteiger partial charge in [0.2, 0.25) is 0 Å². The fourth-order valence-corrected chi connectivity index (χ4v) is 2.53. The molecule has 21 heavy (non-hydrogen) atoms. The molecule has 2 aromatic carbocycles. The third kappa shape index (κ3) is 4.69. The van der Waals surface area contributed by atoms with Crippen LogP contribution >= 0.6 is 0 Å². The summed E-state index contributed by atoms with van der Waals surface area (Å²) in [7, 11) is 2.00. The van der Waals surface area contributed by atoms with Crippen molar-refractivity contribution >= 4 is 0 Å². The SMILES string of the molecule is CNCc1ccccc1CN(Cc1ccccc1)C(C)C. The van der Waals surface area contributed by atoms with E-state index in [1.807, 2.05) is 7.05 Å². The highest BCUT2D eigenvalue weighted by molar-refractivity contribution is 5.27. The summed E-state index contributed by atoms with van der Waals surface area (Å²) in [6.07, 6.45) is 0. The normalized spacial score (nSPS) is 11.3. The second-order valence-electron chi connectivity index (χ2n) is 5.78. The van der Waals surface area contributed by atoms with Gasteiger partial charge in [-0.2, -0.15) is 0 Å². The molecule has 0 fully saturated rings. The monoisotopic (exact) mass is 282 g/mol. The molecule has 0 aliphatic rings. The van der Waals surface area contributed by atoms with Gasteiger partial charge < -0.3 is 5.32 Å². The Balaban J connectivity index is 2.13. The Labute approximate surface area is 128 Å². The fourth-order valence-electron chi connectivity index (χ4n) is 2.53. The van der Waals surface area contributed by atoms with Crippen molar-refractivity contribution in [1.29, 1.82) is 0 Å². The summed E-state index contributed by atoms with van der Waals surface area (Å²) < 4.78 is 0. The van der Waals surface area contributed by atoms with Gasteiger partial charge in [-0.3, -0.25) is 4.90 Å². The molecule has 2 rings (SSSR count). The van der Waals surface area contributed by atoms with E-state index in [9.17, 15) is 0 Å². The maximum absolute atomic E-state index is 3.26. The molecule has 2 nitrogen and oxygen atoms in total. The molecular weight excluding hydrogens is 256 g/mol. The van der Waals surface area contributed by atoms with E-state index in [4.69, 9.17) is 0 Å². The second-order valence-corrected chi connectivity index (χ2v) is 5.78. The molecule has 0 aliphatic heterocycles. The highest BCUT2D eigenvalue weighted by Gasteiger charge is 2.12. The summed E-state index contributed by atoms with van der Waals surface area (Å²) in [6, 6.07) is 19.9. The molecule has 2 aromatic rings. The van der Waals surface area contributed by atoms with Crippen molar-refractivity contribution in [2.75, 3.05) is 7.05 Å². The van der Waals surface area contributed by atoms with E-state index in [2.05, 4.69) is 78.7 Å². The lowest BCUT2D eigenvalue weighted by molar-refractivity contribution is 0.203. The van der Waals surface area contributed by atoms with E-state index in [0.717, 1.165) is 19.6 Å². The fraction of sp³-hybridized carbons (Fsp3) is 0.368. The van der Waals surface area contributed by atoms with Crippen LogP contribution in [0, 0.1) is 0 Å². The first-order valence-electron chi connectivity index (χ1n) is 7.70. The standard InChI is InChI=1S/C19H26N2/c1-16(2)21(14-17-9-5-4-6-10-17)15-19-12-8-7-11-18(19)13-20-3/h4-12,16,20H,13-15H2,1-3H3. The largest absolute Gasteiger partial charge is 0.316 e. The van der Waals surface area contributed by atoms with Crippen LogP contribution < -0.4 is 5.32 Å². The van der Waals surface area contributed by atoms with Gasteiger partial charge in [0.25, 0.3) is 0 Å². The van der Waals surface area contributed by atoms with Gasteiger partial charge in [-0.25, -0.2) is 0 Å². The van der Waals surface area contributed by atoms with E-state index < -0.39 is 0 Å². The predicted octanol–water partition coefficient (Wildman–Crippen LogP) is 3.82. The highest BCUT2D eigenvalue weighted by atomic mass is 15.1. The number of benzene rings is 2. The zero-order valence-corrected chi connectivity index (χ0v) is 13.3. The van der Waals surface area contributed by atoms with Crippen LogP contribution in [0.25, 0.3) is 0 Å². The molecule has 0 aromatic heterocycles. The zero-order chi connectivity index (χ0) is 15.1. The number of nitrogens with one attached hydrogen (secondary N) is 1. The van der Waals surface area contributed by atoms with Gasteiger partial charge in [0.15, 0.2) is 0 Å². The molecule has 0 atom stereocenters. The van der Waals surface area contributed by atoms with Gasteiger partial charge in [-0.1, -0.05) is 54.6 Å². The molecule has 0 bridgehead atoms. The zero-order valence-electron chi connectivity index (χ0n) is 13.3. The molecule has 0 aliphatic carbocycles. The lowest BCUT2D eigenvalue weighted by atomic mass is 10.1. The van der Waals surface area contributed by atoms with Gasteiger partial charge in [0.05, 0.1) is 0 Å². The van der Waals surface area contributed by atoms with Crippen LogP contribution in [-0.2, 0) is 19.6 Å². The molecular formula is C19H26N2. The van der Waals surface area contributed by atoms with Crippen molar-refractivity contribution in [1.82, 2.24) is 10.2 Å². The molecule has 0 amide bonds. The first-order chi connectivity index (χ1) is 10.2. The number of hydrogen-bond acceptors (Lipinski definition) is 2. The van der Waals surface area contributed by atoms with Gasteiger partial charge in [0.1, 0.15) is 0 Å². The summed E-state index contributed by atoms with van der Waals surface area (Å²) >= 11 is 0. The summed E-state index contributed by atoms with van der Waals surface area (Å²) in [5, 5.41) is 3.26. The summed E-state index contributed by atoms with van der Waals surface area (Å²) in [4.78, 5) is 2.52. The van der Waals surface area contributed by atoms with Crippen molar-refractivity contribution in [2.24, 2.45) is 0 Å². The first-order valence-corrected chi connectivity index (χ1v) is 7.70. The molecule has 1 N–H and O–H groups in total. The van der Waals surface area contributed by atoms with Crippen molar-refractivity contribution in [2.45, 2.75) is 39.5 Å². The molecule has 0 spiro atoms. The minimum atomic E-state index is 0.521. The average molecular weight is 282 g/mol. The topological polar surface area (TPSA) is 15.3 Å². The quantitative estimate of drug-likeness (QED) is 0.830. The third-order valence-electron chi connectivity index (χ3n) is 3.82. The van der Waals surface area contributed by atoms with E-state index >= 15 is 0 Å². The summed E-state index contributed by atoms with van der Waals surface area (Å²) in [5.41, 5.74) is 4.17. The molecule has 112 valence electrons. The van der Waals surface area contributed by atoms with Crippen LogP contribution in [0.4, 0.5) is 0 Å². The van der Waals surface area contributed by atoms with Crippen LogP contribution in [-0.4, -0.2) is 18.0 Å². The van der Waals surface area contributed by atoms with Crippen LogP contribution in [0.15, 0.2) is 54.6 Å². The Morgan fingerprint density at radius 3 is 2.10 bits per heavy atom. The maximum atomic E-state index is 3.26. The van der Waals surface area contributed by atoms with Crippen molar-refractivity contribution in [3.05, 3.63) is 71.3 Å². The molecule has 0 radical (unpaired) electrons. The lowest BCUT2D eigenvalue weighted by Gasteiger charge is -2.27. The molecule has 0 heterocycles. The summed E-state index contributed by atoms with van der Waals surface area (Å²) in [5.74, 6) is 0. The minimum absolute atomic E-state index is 0.521. The predicted molar refractivity (Wildman–Crippen MR) is 90.0 cm³/mol. The van der Waals surface area contributed by atoms with Gasteiger partial charge in [-0.05, 0) is 37.6 Å². The van der Waals surface area contributed by atoms with Crippen molar-refractivity contribution in [3.63, 3.8) is 0 Å². The highest BCUT2D eigenvalue weighted by Crippen LogP contribution is 2.16. The molecule has 0 saturated heterocycles. The van der Waals surface area contributed by atoms with E-state index in [1.54, 1.807) is 0 Å². The third-order valence-corrected chi connectivity index (χ3v) is 3.82.